The first-order valence-corrected chi connectivity index (χ1v) is 8.46. The maximum atomic E-state index is 12.2. The van der Waals surface area contributed by atoms with E-state index in [4.69, 9.17) is 11.6 Å². The van der Waals surface area contributed by atoms with Gasteiger partial charge in [0.2, 0.25) is 11.9 Å². The third-order valence-corrected chi connectivity index (χ3v) is 4.02. The lowest BCUT2D eigenvalue weighted by Crippen LogP contribution is -2.53. The number of piperazine rings is 1. The SMILES string of the molecule is O=C(CNC(=O)N1CCN(c2ncccn2)CC1)Nc1ccc(Cl)cn1. The number of aromatic nitrogens is 3. The van der Waals surface area contributed by atoms with Crippen molar-refractivity contribution in [1.82, 2.24) is 25.2 Å². The highest BCUT2D eigenvalue weighted by Gasteiger charge is 2.22. The summed E-state index contributed by atoms with van der Waals surface area (Å²) in [6, 6.07) is 4.70. The summed E-state index contributed by atoms with van der Waals surface area (Å²) in [4.78, 5) is 40.1. The van der Waals surface area contributed by atoms with Crippen LogP contribution in [0, 0.1) is 0 Å². The molecule has 0 saturated carbocycles. The lowest BCUT2D eigenvalue weighted by Gasteiger charge is -2.34. The molecule has 0 spiro atoms. The van der Waals surface area contributed by atoms with Crippen LogP contribution in [0.25, 0.3) is 0 Å². The van der Waals surface area contributed by atoms with Crippen molar-refractivity contribution in [2.45, 2.75) is 0 Å². The van der Waals surface area contributed by atoms with Crippen molar-refractivity contribution in [3.8, 4) is 0 Å². The quantitative estimate of drug-likeness (QED) is 0.826. The van der Waals surface area contributed by atoms with E-state index < -0.39 is 0 Å². The third-order valence-electron chi connectivity index (χ3n) is 3.80. The van der Waals surface area contributed by atoms with Crippen molar-refractivity contribution in [3.05, 3.63) is 41.8 Å². The molecule has 0 unspecified atom stereocenters. The molecule has 0 atom stereocenters. The lowest BCUT2D eigenvalue weighted by atomic mass is 10.3. The van der Waals surface area contributed by atoms with Gasteiger partial charge in [-0.15, -0.1) is 0 Å². The number of nitrogens with zero attached hydrogens (tertiary/aromatic N) is 5. The molecule has 0 aromatic carbocycles. The van der Waals surface area contributed by atoms with Gasteiger partial charge in [-0.25, -0.2) is 19.7 Å². The minimum absolute atomic E-state index is 0.134. The van der Waals surface area contributed by atoms with Gasteiger partial charge in [-0.1, -0.05) is 11.6 Å². The van der Waals surface area contributed by atoms with Crippen LogP contribution >= 0.6 is 11.6 Å². The van der Waals surface area contributed by atoms with Crippen LogP contribution < -0.4 is 15.5 Å². The standard InChI is InChI=1S/C16H18ClN7O2/c17-12-2-3-13(20-10-12)22-14(25)11-21-16(26)24-8-6-23(7-9-24)15-18-4-1-5-19-15/h1-5,10H,6-9,11H2,(H,21,26)(H,20,22,25). The summed E-state index contributed by atoms with van der Waals surface area (Å²) in [6.07, 6.45) is 4.82. The molecular formula is C16H18ClN7O2. The van der Waals surface area contributed by atoms with Gasteiger partial charge < -0.3 is 20.4 Å². The molecule has 0 bridgehead atoms. The molecule has 2 aromatic heterocycles. The largest absolute Gasteiger partial charge is 0.337 e. The van der Waals surface area contributed by atoms with Crippen molar-refractivity contribution in [2.75, 3.05) is 42.9 Å². The van der Waals surface area contributed by atoms with Gasteiger partial charge in [0.15, 0.2) is 0 Å². The highest BCUT2D eigenvalue weighted by molar-refractivity contribution is 6.30. The number of hydrogen-bond donors (Lipinski definition) is 2. The first kappa shape index (κ1) is 17.9. The fourth-order valence-corrected chi connectivity index (χ4v) is 2.58. The molecule has 0 radical (unpaired) electrons. The number of hydrogen-bond acceptors (Lipinski definition) is 6. The smallest absolute Gasteiger partial charge is 0.317 e. The fraction of sp³-hybridized carbons (Fsp3) is 0.312. The Morgan fingerprint density at radius 3 is 2.46 bits per heavy atom. The number of carbonyl (C=O) groups is 2. The molecule has 1 saturated heterocycles. The topological polar surface area (TPSA) is 103 Å². The maximum absolute atomic E-state index is 12.2. The molecule has 3 heterocycles. The summed E-state index contributed by atoms with van der Waals surface area (Å²) in [5.41, 5.74) is 0. The van der Waals surface area contributed by atoms with Crippen molar-refractivity contribution in [3.63, 3.8) is 0 Å². The predicted molar refractivity (Wildman–Crippen MR) is 97.1 cm³/mol. The zero-order valence-corrected chi connectivity index (χ0v) is 14.7. The van der Waals surface area contributed by atoms with E-state index in [9.17, 15) is 9.59 Å². The highest BCUT2D eigenvalue weighted by Crippen LogP contribution is 2.10. The fourth-order valence-electron chi connectivity index (χ4n) is 2.47. The van der Waals surface area contributed by atoms with E-state index in [1.807, 2.05) is 4.90 Å². The Balaban J connectivity index is 1.41. The van der Waals surface area contributed by atoms with Crippen LogP contribution in [0.1, 0.15) is 0 Å². The van der Waals surface area contributed by atoms with Gasteiger partial charge in [0.25, 0.3) is 0 Å². The summed E-state index contributed by atoms with van der Waals surface area (Å²) in [6.45, 7) is 2.21. The second kappa shape index (κ2) is 8.43. The summed E-state index contributed by atoms with van der Waals surface area (Å²) >= 11 is 5.74. The Hall–Kier alpha value is -2.94. The van der Waals surface area contributed by atoms with E-state index in [1.54, 1.807) is 35.5 Å². The van der Waals surface area contributed by atoms with Crippen molar-refractivity contribution >= 4 is 35.3 Å². The number of amides is 3. The monoisotopic (exact) mass is 375 g/mol. The van der Waals surface area contributed by atoms with Gasteiger partial charge >= 0.3 is 6.03 Å². The zero-order chi connectivity index (χ0) is 18.4. The van der Waals surface area contributed by atoms with Crippen LogP contribution in [0.5, 0.6) is 0 Å². The summed E-state index contributed by atoms with van der Waals surface area (Å²) < 4.78 is 0. The Morgan fingerprint density at radius 1 is 1.08 bits per heavy atom. The normalized spacial score (nSPS) is 14.0. The van der Waals surface area contributed by atoms with Crippen molar-refractivity contribution < 1.29 is 9.59 Å². The number of carbonyl (C=O) groups excluding carboxylic acids is 2. The summed E-state index contributed by atoms with van der Waals surface area (Å²) in [5, 5.41) is 5.68. The van der Waals surface area contributed by atoms with Crippen molar-refractivity contribution in [2.24, 2.45) is 0 Å². The van der Waals surface area contributed by atoms with Gasteiger partial charge in [0, 0.05) is 44.8 Å². The Bertz CT molecular complexity index is 749. The van der Waals surface area contributed by atoms with E-state index >= 15 is 0 Å². The van der Waals surface area contributed by atoms with Crippen molar-refractivity contribution in [1.29, 1.82) is 0 Å². The molecule has 26 heavy (non-hydrogen) atoms. The summed E-state index contributed by atoms with van der Waals surface area (Å²) in [7, 11) is 0. The molecule has 136 valence electrons. The number of anilines is 2. The number of rotatable bonds is 4. The average molecular weight is 376 g/mol. The second-order valence-corrected chi connectivity index (χ2v) is 6.03. The van der Waals surface area contributed by atoms with E-state index in [0.29, 0.717) is 43.0 Å². The Morgan fingerprint density at radius 2 is 1.81 bits per heavy atom. The Kier molecular flexibility index (Phi) is 5.80. The summed E-state index contributed by atoms with van der Waals surface area (Å²) in [5.74, 6) is 0.678. The molecule has 2 N–H and O–H groups in total. The van der Waals surface area contributed by atoms with Gasteiger partial charge in [-0.3, -0.25) is 4.79 Å². The highest BCUT2D eigenvalue weighted by atomic mass is 35.5. The number of nitrogens with one attached hydrogen (secondary N) is 2. The molecule has 1 aliphatic rings. The van der Waals surface area contributed by atoms with Gasteiger partial charge in [-0.2, -0.15) is 0 Å². The second-order valence-electron chi connectivity index (χ2n) is 5.59. The van der Waals surface area contributed by atoms with Crippen LogP contribution in [0.15, 0.2) is 36.8 Å². The van der Waals surface area contributed by atoms with E-state index in [-0.39, 0.29) is 18.5 Å². The minimum atomic E-state index is -0.357. The van der Waals surface area contributed by atoms with Gasteiger partial charge in [0.05, 0.1) is 11.6 Å². The molecule has 0 aliphatic carbocycles. The molecule has 1 aliphatic heterocycles. The van der Waals surface area contributed by atoms with Gasteiger partial charge in [0.1, 0.15) is 5.82 Å². The average Bonchev–Trinajstić information content (AvgIpc) is 2.69. The molecule has 2 aromatic rings. The minimum Gasteiger partial charge on any atom is -0.337 e. The van der Waals surface area contributed by atoms with Crippen LogP contribution in [-0.2, 0) is 4.79 Å². The van der Waals surface area contributed by atoms with Crippen LogP contribution in [0.2, 0.25) is 5.02 Å². The zero-order valence-electron chi connectivity index (χ0n) is 13.9. The number of pyridine rings is 1. The third kappa shape index (κ3) is 4.79. The van der Waals surface area contributed by atoms with E-state index in [1.165, 1.54) is 6.20 Å². The molecule has 3 rings (SSSR count). The van der Waals surface area contributed by atoms with Crippen LogP contribution in [-0.4, -0.2) is 64.5 Å². The lowest BCUT2D eigenvalue weighted by molar-refractivity contribution is -0.115. The van der Waals surface area contributed by atoms with Gasteiger partial charge in [-0.05, 0) is 18.2 Å². The van der Waals surface area contributed by atoms with E-state index in [0.717, 1.165) is 0 Å². The predicted octanol–water partition coefficient (Wildman–Crippen LogP) is 0.995. The number of halogens is 1. The molecular weight excluding hydrogens is 358 g/mol. The molecule has 9 nitrogen and oxygen atoms in total. The molecule has 10 heteroatoms. The van der Waals surface area contributed by atoms with E-state index in [2.05, 4.69) is 25.6 Å². The van der Waals surface area contributed by atoms with Crippen LogP contribution in [0.4, 0.5) is 16.6 Å². The number of urea groups is 1. The Labute approximate surface area is 155 Å². The first-order chi connectivity index (χ1) is 12.6. The molecule has 1 fully saturated rings. The first-order valence-electron chi connectivity index (χ1n) is 8.08. The molecule has 3 amide bonds. The maximum Gasteiger partial charge on any atom is 0.317 e. The van der Waals surface area contributed by atoms with Crippen LogP contribution in [0.3, 0.4) is 0 Å².